The van der Waals surface area contributed by atoms with Gasteiger partial charge < -0.3 is 9.64 Å². The first kappa shape index (κ1) is 18.0. The largest absolute Gasteiger partial charge is 0.490 e. The summed E-state index contributed by atoms with van der Waals surface area (Å²) in [5, 5.41) is 1.05. The Bertz CT molecular complexity index is 1010. The molecule has 1 saturated heterocycles. The van der Waals surface area contributed by atoms with Crippen molar-refractivity contribution in [1.82, 2.24) is 19.9 Å². The van der Waals surface area contributed by atoms with Crippen molar-refractivity contribution in [3.8, 4) is 5.75 Å². The van der Waals surface area contributed by atoms with E-state index in [2.05, 4.69) is 22.1 Å². The van der Waals surface area contributed by atoms with Gasteiger partial charge >= 0.3 is 0 Å². The van der Waals surface area contributed by atoms with Gasteiger partial charge in [-0.2, -0.15) is 0 Å². The zero-order valence-electron chi connectivity index (χ0n) is 16.3. The van der Waals surface area contributed by atoms with Crippen molar-refractivity contribution >= 4 is 16.9 Å². The Morgan fingerprint density at radius 1 is 1.03 bits per heavy atom. The van der Waals surface area contributed by atoms with Crippen molar-refractivity contribution in [2.45, 2.75) is 37.7 Å². The number of carbonyl (C=O) groups excluding carboxylic acids is 1. The second-order valence-corrected chi connectivity index (χ2v) is 7.99. The summed E-state index contributed by atoms with van der Waals surface area (Å²) in [6.45, 7) is 1.55. The van der Waals surface area contributed by atoms with Crippen LogP contribution in [0.4, 0.5) is 0 Å². The molecule has 1 saturated carbocycles. The normalized spacial score (nSPS) is 24.1. The van der Waals surface area contributed by atoms with Gasteiger partial charge in [0.05, 0.1) is 6.10 Å². The Kier molecular flexibility index (Phi) is 4.84. The monoisotopic (exact) mass is 388 g/mol. The van der Waals surface area contributed by atoms with E-state index in [9.17, 15) is 4.79 Å². The van der Waals surface area contributed by atoms with Gasteiger partial charge in [0.15, 0.2) is 5.65 Å². The van der Waals surface area contributed by atoms with E-state index in [0.717, 1.165) is 61.2 Å². The van der Waals surface area contributed by atoms with Crippen LogP contribution in [0, 0.1) is 5.92 Å². The van der Waals surface area contributed by atoms with Crippen LogP contribution in [-0.2, 0) is 4.79 Å². The molecule has 4 heterocycles. The fourth-order valence-electron chi connectivity index (χ4n) is 4.54. The lowest BCUT2D eigenvalue weighted by Crippen LogP contribution is -2.33. The van der Waals surface area contributed by atoms with Crippen molar-refractivity contribution in [2.24, 2.45) is 5.92 Å². The molecule has 2 fully saturated rings. The third-order valence-electron chi connectivity index (χ3n) is 6.09. The molecule has 1 amide bonds. The minimum atomic E-state index is 0.0619. The molecular weight excluding hydrogens is 364 g/mol. The molecule has 29 heavy (non-hydrogen) atoms. The topological polar surface area (TPSA) is 68.2 Å². The Labute approximate surface area is 170 Å². The molecule has 0 aromatic carbocycles. The average Bonchev–Trinajstić information content (AvgIpc) is 3.44. The summed E-state index contributed by atoms with van der Waals surface area (Å²) in [6, 6.07) is 11.8. The van der Waals surface area contributed by atoms with Gasteiger partial charge in [0.25, 0.3) is 0 Å². The Morgan fingerprint density at radius 2 is 1.93 bits per heavy atom. The van der Waals surface area contributed by atoms with Crippen LogP contribution in [0.15, 0.2) is 55.0 Å². The first-order valence-corrected chi connectivity index (χ1v) is 10.3. The van der Waals surface area contributed by atoms with Crippen molar-refractivity contribution in [1.29, 1.82) is 0 Å². The van der Waals surface area contributed by atoms with Crippen LogP contribution in [0.3, 0.4) is 0 Å². The molecule has 3 aromatic rings. The molecule has 1 aliphatic heterocycles. The summed E-state index contributed by atoms with van der Waals surface area (Å²) < 4.78 is 6.02. The highest BCUT2D eigenvalue weighted by atomic mass is 16.5. The fraction of sp³-hybridized carbons (Fsp3) is 0.391. The van der Waals surface area contributed by atoms with Gasteiger partial charge in [-0.1, -0.05) is 0 Å². The van der Waals surface area contributed by atoms with Crippen LogP contribution < -0.4 is 4.74 Å². The summed E-state index contributed by atoms with van der Waals surface area (Å²) in [7, 11) is 0. The van der Waals surface area contributed by atoms with Crippen LogP contribution >= 0.6 is 0 Å². The van der Waals surface area contributed by atoms with E-state index in [4.69, 9.17) is 9.72 Å². The first-order valence-electron chi connectivity index (χ1n) is 10.3. The number of carbonyl (C=O) groups is 1. The predicted octanol–water partition coefficient (Wildman–Crippen LogP) is 3.59. The lowest BCUT2D eigenvalue weighted by Gasteiger charge is -2.21. The zero-order chi connectivity index (χ0) is 19.6. The summed E-state index contributed by atoms with van der Waals surface area (Å²) in [5.41, 5.74) is 1.82. The van der Waals surface area contributed by atoms with Crippen LogP contribution in [0.1, 0.15) is 37.3 Å². The number of fused-ring (bicyclic) bond motifs is 1. The number of nitrogens with zero attached hydrogens (tertiary/aromatic N) is 4. The summed E-state index contributed by atoms with van der Waals surface area (Å²) in [6.07, 6.45) is 8.91. The van der Waals surface area contributed by atoms with Crippen LogP contribution in [-0.4, -0.2) is 45.0 Å². The highest BCUT2D eigenvalue weighted by Crippen LogP contribution is 2.33. The molecule has 6 nitrogen and oxygen atoms in total. The Balaban J connectivity index is 1.20. The van der Waals surface area contributed by atoms with E-state index in [-0.39, 0.29) is 23.8 Å². The molecular formula is C23H24N4O2. The van der Waals surface area contributed by atoms with Gasteiger partial charge in [-0.3, -0.25) is 9.78 Å². The Hall–Kier alpha value is -3.02. The van der Waals surface area contributed by atoms with Gasteiger partial charge in [-0.05, 0) is 62.1 Å². The van der Waals surface area contributed by atoms with Crippen molar-refractivity contribution < 1.29 is 9.53 Å². The smallest absolute Gasteiger partial charge is 0.225 e. The lowest BCUT2D eigenvalue weighted by molar-refractivity contribution is -0.134. The van der Waals surface area contributed by atoms with Crippen LogP contribution in [0.2, 0.25) is 0 Å². The third kappa shape index (κ3) is 3.79. The maximum atomic E-state index is 13.1. The number of likely N-dealkylation sites (tertiary alicyclic amines) is 1. The number of amides is 1. The molecule has 5 rings (SSSR count). The first-order chi connectivity index (χ1) is 14.3. The number of hydrogen-bond acceptors (Lipinski definition) is 5. The van der Waals surface area contributed by atoms with Gasteiger partial charge in [-0.15, -0.1) is 0 Å². The third-order valence-corrected chi connectivity index (χ3v) is 6.09. The van der Waals surface area contributed by atoms with Crippen LogP contribution in [0.5, 0.6) is 5.75 Å². The Morgan fingerprint density at radius 3 is 2.83 bits per heavy atom. The molecule has 3 aromatic heterocycles. The second-order valence-electron chi connectivity index (χ2n) is 7.99. The van der Waals surface area contributed by atoms with E-state index in [1.165, 1.54) is 0 Å². The number of aromatic nitrogens is 3. The van der Waals surface area contributed by atoms with E-state index >= 15 is 0 Å². The predicted molar refractivity (Wildman–Crippen MR) is 109 cm³/mol. The number of pyridine rings is 3. The van der Waals surface area contributed by atoms with Crippen molar-refractivity contribution in [2.75, 3.05) is 13.1 Å². The molecule has 1 unspecified atom stereocenters. The van der Waals surface area contributed by atoms with E-state index < -0.39 is 0 Å². The molecule has 148 valence electrons. The zero-order valence-corrected chi connectivity index (χ0v) is 16.3. The van der Waals surface area contributed by atoms with Gasteiger partial charge in [0, 0.05) is 54.6 Å². The molecule has 0 radical (unpaired) electrons. The van der Waals surface area contributed by atoms with E-state index in [1.807, 2.05) is 29.2 Å². The van der Waals surface area contributed by atoms with Crippen LogP contribution in [0.25, 0.3) is 11.0 Å². The molecule has 1 aliphatic carbocycles. The molecule has 0 N–H and O–H groups in total. The van der Waals surface area contributed by atoms with Gasteiger partial charge in [0.2, 0.25) is 5.91 Å². The minimum Gasteiger partial charge on any atom is -0.490 e. The number of hydrogen-bond donors (Lipinski definition) is 0. The quantitative estimate of drug-likeness (QED) is 0.683. The summed E-state index contributed by atoms with van der Waals surface area (Å²) >= 11 is 0. The minimum absolute atomic E-state index is 0.0619. The van der Waals surface area contributed by atoms with Crippen molar-refractivity contribution in [3.63, 3.8) is 0 Å². The maximum Gasteiger partial charge on any atom is 0.225 e. The number of ether oxygens (including phenoxy) is 1. The molecule has 0 bridgehead atoms. The average molecular weight is 388 g/mol. The van der Waals surface area contributed by atoms with Gasteiger partial charge in [-0.25, -0.2) is 9.97 Å². The SMILES string of the molecule is O=C([C@@H]1CC[C@@H](Oc2ccncc2)C1)N1CCC(c2ccc3cccnc3n2)C1. The number of rotatable bonds is 4. The molecule has 6 heteroatoms. The molecule has 2 aliphatic rings. The van der Waals surface area contributed by atoms with E-state index in [0.29, 0.717) is 0 Å². The second kappa shape index (κ2) is 7.78. The lowest BCUT2D eigenvalue weighted by atomic mass is 10.0. The van der Waals surface area contributed by atoms with Crippen molar-refractivity contribution in [3.05, 3.63) is 60.7 Å². The maximum absolute atomic E-state index is 13.1. The van der Waals surface area contributed by atoms with Gasteiger partial charge in [0.1, 0.15) is 5.75 Å². The molecule has 3 atom stereocenters. The summed E-state index contributed by atoms with van der Waals surface area (Å²) in [4.78, 5) is 28.2. The fourth-order valence-corrected chi connectivity index (χ4v) is 4.54. The molecule has 0 spiro atoms. The highest BCUT2D eigenvalue weighted by molar-refractivity contribution is 5.79. The van der Waals surface area contributed by atoms with E-state index in [1.54, 1.807) is 18.6 Å². The highest BCUT2D eigenvalue weighted by Gasteiger charge is 2.37. The standard InChI is InChI=1S/C23H24N4O2/c28-23(17-3-5-20(14-17)29-19-7-11-24-12-8-19)27-13-9-18(15-27)21-6-4-16-2-1-10-25-22(16)26-21/h1-2,4,6-8,10-12,17-18,20H,3,5,9,13-15H2/t17-,18?,20-/m1/s1. The summed E-state index contributed by atoms with van der Waals surface area (Å²) in [5.74, 6) is 1.45.